The summed E-state index contributed by atoms with van der Waals surface area (Å²) in [5.74, 6) is 0.868. The average molecular weight is 257 g/mol. The molecule has 1 aromatic carbocycles. The molecule has 1 rings (SSSR count). The molecule has 0 aliphatic heterocycles. The van der Waals surface area contributed by atoms with Crippen molar-refractivity contribution in [3.05, 3.63) is 29.3 Å². The number of ether oxygens (including phenoxy) is 1. The number of halogens is 1. The summed E-state index contributed by atoms with van der Waals surface area (Å²) in [5.41, 5.74) is 0. The number of nitrogens with two attached hydrogens (primary N) is 1. The molecule has 0 radical (unpaired) electrons. The van der Waals surface area contributed by atoms with Gasteiger partial charge in [0.15, 0.2) is 0 Å². The Balaban J connectivity index is 1.97. The van der Waals surface area contributed by atoms with Crippen LogP contribution in [0.5, 0.6) is 5.75 Å². The predicted octanol–water partition coefficient (Wildman–Crippen LogP) is 2.86. The minimum atomic E-state index is 0.732. The third-order valence-corrected chi connectivity index (χ3v) is 2.86. The largest absolute Gasteiger partial charge is 0.494 e. The first kappa shape index (κ1) is 14.3. The summed E-state index contributed by atoms with van der Waals surface area (Å²) in [4.78, 5) is 0. The van der Waals surface area contributed by atoms with E-state index in [4.69, 9.17) is 16.3 Å². The van der Waals surface area contributed by atoms with Gasteiger partial charge in [-0.05, 0) is 37.5 Å². The van der Waals surface area contributed by atoms with Gasteiger partial charge in [0.05, 0.1) is 19.7 Å². The van der Waals surface area contributed by atoms with Gasteiger partial charge in [-0.25, -0.2) is 0 Å². The zero-order valence-electron chi connectivity index (χ0n) is 10.6. The molecule has 0 atom stereocenters. The molecule has 0 saturated carbocycles. The molecule has 2 N–H and O–H groups in total. The summed E-state index contributed by atoms with van der Waals surface area (Å²) in [6, 6.07) is 7.57. The molecular formula is C14H23ClNO+. The van der Waals surface area contributed by atoms with Gasteiger partial charge in [-0.15, -0.1) is 0 Å². The van der Waals surface area contributed by atoms with Crippen LogP contribution in [0.15, 0.2) is 24.3 Å². The second kappa shape index (κ2) is 9.32. The summed E-state index contributed by atoms with van der Waals surface area (Å²) in [7, 11) is 0. The smallest absolute Gasteiger partial charge is 0.120 e. The molecule has 0 aliphatic carbocycles. The van der Waals surface area contributed by atoms with Crippen molar-refractivity contribution in [2.24, 2.45) is 0 Å². The number of hydrogen-bond donors (Lipinski definition) is 1. The highest BCUT2D eigenvalue weighted by atomic mass is 35.5. The molecular weight excluding hydrogens is 234 g/mol. The molecule has 1 aromatic rings. The lowest BCUT2D eigenvalue weighted by Crippen LogP contribution is -2.84. The first-order valence-electron chi connectivity index (χ1n) is 6.53. The van der Waals surface area contributed by atoms with Crippen molar-refractivity contribution in [3.8, 4) is 5.75 Å². The van der Waals surface area contributed by atoms with Gasteiger partial charge in [-0.3, -0.25) is 0 Å². The third kappa shape index (κ3) is 7.24. The Morgan fingerprint density at radius 3 is 2.76 bits per heavy atom. The van der Waals surface area contributed by atoms with Crippen LogP contribution in [0.25, 0.3) is 0 Å². The van der Waals surface area contributed by atoms with Gasteiger partial charge in [0.25, 0.3) is 0 Å². The minimum absolute atomic E-state index is 0.732. The summed E-state index contributed by atoms with van der Waals surface area (Å²) in [6.45, 7) is 5.47. The van der Waals surface area contributed by atoms with E-state index in [1.54, 1.807) is 0 Å². The minimum Gasteiger partial charge on any atom is -0.494 e. The van der Waals surface area contributed by atoms with Gasteiger partial charge >= 0.3 is 0 Å². The Hall–Kier alpha value is -0.730. The number of hydrogen-bond acceptors (Lipinski definition) is 1. The summed E-state index contributed by atoms with van der Waals surface area (Å²) in [5, 5.41) is 3.12. The van der Waals surface area contributed by atoms with Crippen LogP contribution in [-0.4, -0.2) is 19.7 Å². The van der Waals surface area contributed by atoms with Gasteiger partial charge in [0.2, 0.25) is 0 Å². The molecule has 0 unspecified atom stereocenters. The Morgan fingerprint density at radius 1 is 1.18 bits per heavy atom. The van der Waals surface area contributed by atoms with E-state index in [1.807, 2.05) is 24.3 Å². The maximum atomic E-state index is 5.87. The lowest BCUT2D eigenvalue weighted by Gasteiger charge is -2.06. The molecule has 0 fully saturated rings. The Bertz CT molecular complexity index is 304. The fraction of sp³-hybridized carbons (Fsp3) is 0.571. The molecule has 96 valence electrons. The molecule has 0 heterocycles. The molecule has 2 nitrogen and oxygen atoms in total. The van der Waals surface area contributed by atoms with Crippen molar-refractivity contribution in [2.45, 2.75) is 32.6 Å². The first-order valence-corrected chi connectivity index (χ1v) is 6.90. The summed E-state index contributed by atoms with van der Waals surface area (Å²) < 4.78 is 5.62. The number of unbranched alkanes of at least 4 members (excludes halogenated alkanes) is 2. The van der Waals surface area contributed by atoms with Gasteiger partial charge < -0.3 is 10.1 Å². The summed E-state index contributed by atoms with van der Waals surface area (Å²) >= 11 is 5.87. The van der Waals surface area contributed by atoms with Gasteiger partial charge in [-0.1, -0.05) is 31.0 Å². The lowest BCUT2D eigenvalue weighted by molar-refractivity contribution is -0.655. The molecule has 17 heavy (non-hydrogen) atoms. The third-order valence-electron chi connectivity index (χ3n) is 2.63. The first-order chi connectivity index (χ1) is 8.33. The number of quaternary nitrogens is 1. The van der Waals surface area contributed by atoms with Crippen LogP contribution < -0.4 is 10.1 Å². The Labute approximate surface area is 109 Å². The highest BCUT2D eigenvalue weighted by molar-refractivity contribution is 6.30. The summed E-state index contributed by atoms with van der Waals surface area (Å²) in [6.07, 6.45) is 4.92. The maximum Gasteiger partial charge on any atom is 0.120 e. The van der Waals surface area contributed by atoms with E-state index in [2.05, 4.69) is 12.2 Å². The number of benzene rings is 1. The van der Waals surface area contributed by atoms with Crippen molar-refractivity contribution < 1.29 is 10.1 Å². The average Bonchev–Trinajstić information content (AvgIpc) is 2.33. The zero-order valence-corrected chi connectivity index (χ0v) is 11.4. The molecule has 0 aromatic heterocycles. The SMILES string of the molecule is CCCC[NH2+]CCCCOc1cccc(Cl)c1. The lowest BCUT2D eigenvalue weighted by atomic mass is 10.3. The molecule has 3 heteroatoms. The van der Waals surface area contributed by atoms with Gasteiger partial charge in [0.1, 0.15) is 5.75 Å². The van der Waals surface area contributed by atoms with E-state index in [1.165, 1.54) is 32.4 Å². The van der Waals surface area contributed by atoms with Crippen molar-refractivity contribution in [2.75, 3.05) is 19.7 Å². The van der Waals surface area contributed by atoms with Crippen LogP contribution >= 0.6 is 11.6 Å². The van der Waals surface area contributed by atoms with Crippen LogP contribution in [0.2, 0.25) is 5.02 Å². The van der Waals surface area contributed by atoms with Gasteiger partial charge in [0, 0.05) is 5.02 Å². The standard InChI is InChI=1S/C14H22ClNO/c1-2-3-9-16-10-4-5-11-17-14-8-6-7-13(15)12-14/h6-8,12,16H,2-5,9-11H2,1H3/p+1. The van der Waals surface area contributed by atoms with Crippen LogP contribution in [-0.2, 0) is 0 Å². The van der Waals surface area contributed by atoms with Crippen molar-refractivity contribution in [1.29, 1.82) is 0 Å². The Morgan fingerprint density at radius 2 is 2.00 bits per heavy atom. The monoisotopic (exact) mass is 256 g/mol. The molecule has 0 bridgehead atoms. The zero-order chi connectivity index (χ0) is 12.3. The van der Waals surface area contributed by atoms with Crippen molar-refractivity contribution in [3.63, 3.8) is 0 Å². The quantitative estimate of drug-likeness (QED) is 0.676. The van der Waals surface area contributed by atoms with Crippen LogP contribution in [0.3, 0.4) is 0 Å². The van der Waals surface area contributed by atoms with Gasteiger partial charge in [-0.2, -0.15) is 0 Å². The van der Waals surface area contributed by atoms with Crippen molar-refractivity contribution in [1.82, 2.24) is 0 Å². The predicted molar refractivity (Wildman–Crippen MR) is 72.7 cm³/mol. The number of rotatable bonds is 9. The van der Waals surface area contributed by atoms with E-state index in [0.717, 1.165) is 23.8 Å². The second-order valence-corrected chi connectivity index (χ2v) is 4.67. The van der Waals surface area contributed by atoms with Crippen LogP contribution in [0.4, 0.5) is 0 Å². The van der Waals surface area contributed by atoms with Crippen LogP contribution in [0.1, 0.15) is 32.6 Å². The highest BCUT2D eigenvalue weighted by Gasteiger charge is 1.96. The maximum absolute atomic E-state index is 5.87. The topological polar surface area (TPSA) is 25.8 Å². The molecule has 0 spiro atoms. The van der Waals surface area contributed by atoms with Crippen molar-refractivity contribution >= 4 is 11.6 Å². The highest BCUT2D eigenvalue weighted by Crippen LogP contribution is 2.17. The van der Waals surface area contributed by atoms with E-state index < -0.39 is 0 Å². The van der Waals surface area contributed by atoms with Crippen LogP contribution in [0, 0.1) is 0 Å². The second-order valence-electron chi connectivity index (χ2n) is 4.23. The fourth-order valence-electron chi connectivity index (χ4n) is 1.63. The molecule has 0 saturated heterocycles. The molecule has 0 aliphatic rings. The Kier molecular flexibility index (Phi) is 7.85. The van der Waals surface area contributed by atoms with E-state index in [0.29, 0.717) is 0 Å². The van der Waals surface area contributed by atoms with E-state index in [9.17, 15) is 0 Å². The molecule has 0 amide bonds. The normalized spacial score (nSPS) is 10.5. The fourth-order valence-corrected chi connectivity index (χ4v) is 1.81. The van der Waals surface area contributed by atoms with E-state index >= 15 is 0 Å². The van der Waals surface area contributed by atoms with E-state index in [-0.39, 0.29) is 0 Å².